The number of aliphatic hydroxyl groups is 1. The lowest BCUT2D eigenvalue weighted by atomic mass is 10.3. The van der Waals surface area contributed by atoms with Gasteiger partial charge in [-0.3, -0.25) is 4.90 Å². The van der Waals surface area contributed by atoms with Crippen LogP contribution < -0.4 is 0 Å². The second-order valence-corrected chi connectivity index (χ2v) is 7.64. The summed E-state index contributed by atoms with van der Waals surface area (Å²) in [6, 6.07) is 10.2. The molecule has 1 N–H and O–H groups in total. The monoisotopic (exact) mass is 360 g/mol. The largest absolute Gasteiger partial charge is 0.391 e. The lowest BCUT2D eigenvalue weighted by Gasteiger charge is -2.28. The fraction of sp³-hybridized carbons (Fsp3) is 0.556. The summed E-state index contributed by atoms with van der Waals surface area (Å²) in [6.07, 6.45) is 2.00. The fourth-order valence-corrected chi connectivity index (χ4v) is 3.78. The van der Waals surface area contributed by atoms with Gasteiger partial charge in [0.15, 0.2) is 0 Å². The van der Waals surface area contributed by atoms with E-state index in [-0.39, 0.29) is 6.10 Å². The van der Waals surface area contributed by atoms with Crippen LogP contribution in [-0.2, 0) is 4.74 Å². The predicted octanol–water partition coefficient (Wildman–Crippen LogP) is 1.93. The van der Waals surface area contributed by atoms with Crippen molar-refractivity contribution in [2.24, 2.45) is 0 Å². The number of aliphatic hydroxyl groups excluding tert-OH is 1. The standard InChI is InChI=1S/C18H24N4O2S/c23-16(12-21-8-10-24-11-9-21)13-25-18-19-17(14-6-7-14)22(20-18)15-4-2-1-3-5-15/h1-5,14,16,23H,6-13H2/t16-/m0/s1. The number of thioether (sulfide) groups is 1. The summed E-state index contributed by atoms with van der Waals surface area (Å²) in [7, 11) is 0. The summed E-state index contributed by atoms with van der Waals surface area (Å²) in [5, 5.41) is 15.8. The summed E-state index contributed by atoms with van der Waals surface area (Å²) in [4.78, 5) is 6.99. The number of rotatable bonds is 7. The smallest absolute Gasteiger partial charge is 0.209 e. The predicted molar refractivity (Wildman–Crippen MR) is 97.3 cm³/mol. The van der Waals surface area contributed by atoms with Gasteiger partial charge in [-0.25, -0.2) is 9.67 Å². The van der Waals surface area contributed by atoms with Crippen molar-refractivity contribution in [1.29, 1.82) is 0 Å². The van der Waals surface area contributed by atoms with Gasteiger partial charge in [-0.15, -0.1) is 5.10 Å². The molecule has 7 heteroatoms. The van der Waals surface area contributed by atoms with Gasteiger partial charge in [0, 0.05) is 31.3 Å². The van der Waals surface area contributed by atoms with E-state index in [2.05, 4.69) is 22.1 Å². The zero-order chi connectivity index (χ0) is 17.1. The first-order valence-electron chi connectivity index (χ1n) is 8.93. The second kappa shape index (κ2) is 7.86. The van der Waals surface area contributed by atoms with E-state index in [0.717, 1.165) is 43.0 Å². The van der Waals surface area contributed by atoms with E-state index < -0.39 is 0 Å². The number of benzene rings is 1. The van der Waals surface area contributed by atoms with Gasteiger partial charge in [0.2, 0.25) is 5.16 Å². The molecule has 0 spiro atoms. The van der Waals surface area contributed by atoms with Crippen LogP contribution in [0.1, 0.15) is 24.6 Å². The second-order valence-electron chi connectivity index (χ2n) is 6.65. The zero-order valence-electron chi connectivity index (χ0n) is 14.3. The topological polar surface area (TPSA) is 63.4 Å². The van der Waals surface area contributed by atoms with Crippen LogP contribution in [-0.4, -0.2) is 69.5 Å². The highest BCUT2D eigenvalue weighted by Gasteiger charge is 2.30. The molecule has 6 nitrogen and oxygen atoms in total. The number of ether oxygens (including phenoxy) is 1. The molecule has 1 atom stereocenters. The highest BCUT2D eigenvalue weighted by Crippen LogP contribution is 2.40. The average Bonchev–Trinajstić information content (AvgIpc) is 3.41. The highest BCUT2D eigenvalue weighted by molar-refractivity contribution is 7.99. The summed E-state index contributed by atoms with van der Waals surface area (Å²) in [6.45, 7) is 4.00. The van der Waals surface area contributed by atoms with Crippen molar-refractivity contribution in [3.05, 3.63) is 36.2 Å². The van der Waals surface area contributed by atoms with E-state index in [4.69, 9.17) is 9.72 Å². The summed E-state index contributed by atoms with van der Waals surface area (Å²) >= 11 is 1.54. The first-order chi connectivity index (χ1) is 12.3. The van der Waals surface area contributed by atoms with E-state index in [0.29, 0.717) is 18.2 Å². The third-order valence-corrected chi connectivity index (χ3v) is 5.52. The zero-order valence-corrected chi connectivity index (χ0v) is 15.1. The SMILES string of the molecule is O[C@H](CSc1nc(C2CC2)n(-c2ccccc2)n1)CN1CCOCC1. The molecule has 1 saturated heterocycles. The minimum atomic E-state index is -0.379. The normalized spacial score (nSPS) is 19.9. The Labute approximate surface area is 152 Å². The van der Waals surface area contributed by atoms with Gasteiger partial charge in [-0.05, 0) is 25.0 Å². The molecule has 1 aliphatic carbocycles. The van der Waals surface area contributed by atoms with Gasteiger partial charge in [-0.1, -0.05) is 30.0 Å². The van der Waals surface area contributed by atoms with Crippen LogP contribution in [0.15, 0.2) is 35.5 Å². The van der Waals surface area contributed by atoms with Gasteiger partial charge >= 0.3 is 0 Å². The highest BCUT2D eigenvalue weighted by atomic mass is 32.2. The summed E-state index contributed by atoms with van der Waals surface area (Å²) in [5.41, 5.74) is 1.05. The Kier molecular flexibility index (Phi) is 5.36. The van der Waals surface area contributed by atoms with Crippen molar-refractivity contribution < 1.29 is 9.84 Å². The van der Waals surface area contributed by atoms with Crippen LogP contribution in [0.4, 0.5) is 0 Å². The maximum atomic E-state index is 10.3. The first kappa shape index (κ1) is 17.0. The number of aromatic nitrogens is 3. The summed E-state index contributed by atoms with van der Waals surface area (Å²) < 4.78 is 7.31. The molecule has 4 rings (SSSR count). The Morgan fingerprint density at radius 3 is 2.68 bits per heavy atom. The molecule has 0 bridgehead atoms. The van der Waals surface area contributed by atoms with Crippen molar-refractivity contribution in [2.75, 3.05) is 38.6 Å². The third kappa shape index (κ3) is 4.41. The minimum absolute atomic E-state index is 0.379. The number of para-hydroxylation sites is 1. The van der Waals surface area contributed by atoms with Crippen LogP contribution in [0, 0.1) is 0 Å². The lowest BCUT2D eigenvalue weighted by molar-refractivity contribution is 0.0188. The van der Waals surface area contributed by atoms with E-state index >= 15 is 0 Å². The summed E-state index contributed by atoms with van der Waals surface area (Å²) in [5.74, 6) is 2.19. The van der Waals surface area contributed by atoms with Crippen LogP contribution in [0.5, 0.6) is 0 Å². The maximum Gasteiger partial charge on any atom is 0.209 e. The van der Waals surface area contributed by atoms with Crippen molar-refractivity contribution in [3.8, 4) is 5.69 Å². The van der Waals surface area contributed by atoms with Crippen LogP contribution >= 0.6 is 11.8 Å². The Bertz CT molecular complexity index is 684. The van der Waals surface area contributed by atoms with Gasteiger partial charge in [0.25, 0.3) is 0 Å². The first-order valence-corrected chi connectivity index (χ1v) is 9.91. The molecular weight excluding hydrogens is 336 g/mol. The van der Waals surface area contributed by atoms with E-state index in [1.54, 1.807) is 11.8 Å². The molecule has 1 aromatic carbocycles. The van der Waals surface area contributed by atoms with Crippen molar-refractivity contribution in [1.82, 2.24) is 19.7 Å². The van der Waals surface area contributed by atoms with Gasteiger partial charge in [0.1, 0.15) is 5.82 Å². The molecule has 1 aliphatic heterocycles. The van der Waals surface area contributed by atoms with Crippen LogP contribution in [0.3, 0.4) is 0 Å². The van der Waals surface area contributed by atoms with Crippen molar-refractivity contribution >= 4 is 11.8 Å². The Hall–Kier alpha value is -1.41. The molecule has 0 radical (unpaired) electrons. The van der Waals surface area contributed by atoms with Gasteiger partial charge in [0.05, 0.1) is 25.0 Å². The lowest BCUT2D eigenvalue weighted by Crippen LogP contribution is -2.41. The minimum Gasteiger partial charge on any atom is -0.391 e. The average molecular weight is 360 g/mol. The third-order valence-electron chi connectivity index (χ3n) is 4.53. The van der Waals surface area contributed by atoms with E-state index in [1.807, 2.05) is 22.9 Å². The van der Waals surface area contributed by atoms with Crippen LogP contribution in [0.25, 0.3) is 5.69 Å². The molecule has 1 saturated carbocycles. The molecule has 2 heterocycles. The maximum absolute atomic E-state index is 10.3. The Morgan fingerprint density at radius 1 is 1.20 bits per heavy atom. The number of hydrogen-bond donors (Lipinski definition) is 1. The van der Waals surface area contributed by atoms with Gasteiger partial charge < -0.3 is 9.84 Å². The van der Waals surface area contributed by atoms with E-state index in [9.17, 15) is 5.11 Å². The molecule has 1 aromatic heterocycles. The molecule has 2 fully saturated rings. The number of nitrogens with zero attached hydrogens (tertiary/aromatic N) is 4. The van der Waals surface area contributed by atoms with Crippen molar-refractivity contribution in [3.63, 3.8) is 0 Å². The number of morpholine rings is 1. The van der Waals surface area contributed by atoms with Crippen LogP contribution in [0.2, 0.25) is 0 Å². The molecule has 0 unspecified atom stereocenters. The Morgan fingerprint density at radius 2 is 1.96 bits per heavy atom. The number of β-amino-alcohol motifs (C(OH)–C–C–N with tert-alkyl or cyclic N) is 1. The van der Waals surface area contributed by atoms with Gasteiger partial charge in [-0.2, -0.15) is 0 Å². The quantitative estimate of drug-likeness (QED) is 0.761. The van der Waals surface area contributed by atoms with Crippen molar-refractivity contribution in [2.45, 2.75) is 30.0 Å². The molecule has 2 aromatic rings. The Balaban J connectivity index is 1.39. The van der Waals surface area contributed by atoms with E-state index in [1.165, 1.54) is 12.8 Å². The number of hydrogen-bond acceptors (Lipinski definition) is 6. The molecular formula is C18H24N4O2S. The molecule has 25 heavy (non-hydrogen) atoms. The molecule has 2 aliphatic rings. The molecule has 134 valence electrons. The fourth-order valence-electron chi connectivity index (χ4n) is 3.04. The molecule has 0 amide bonds.